The topological polar surface area (TPSA) is 57.6 Å². The highest BCUT2D eigenvalue weighted by molar-refractivity contribution is 7.89. The van der Waals surface area contributed by atoms with Crippen LogP contribution in [0.3, 0.4) is 0 Å². The zero-order valence-electron chi connectivity index (χ0n) is 12.0. The van der Waals surface area contributed by atoms with Crippen molar-refractivity contribution in [2.45, 2.75) is 50.0 Å². The van der Waals surface area contributed by atoms with Crippen LogP contribution in [0.1, 0.15) is 38.2 Å². The van der Waals surface area contributed by atoms with Crippen molar-refractivity contribution < 1.29 is 13.5 Å². The van der Waals surface area contributed by atoms with E-state index in [0.717, 1.165) is 37.7 Å². The lowest BCUT2D eigenvalue weighted by atomic mass is 10.2. The molecule has 0 aliphatic heterocycles. The Hall–Kier alpha value is -0.910. The number of sulfonamides is 1. The maximum atomic E-state index is 12.7. The van der Waals surface area contributed by atoms with E-state index in [1.165, 1.54) is 4.31 Å². The van der Waals surface area contributed by atoms with Gasteiger partial charge in [-0.2, -0.15) is 4.31 Å². The summed E-state index contributed by atoms with van der Waals surface area (Å²) in [6, 6.07) is 7.11. The highest BCUT2D eigenvalue weighted by Crippen LogP contribution is 2.28. The lowest BCUT2D eigenvalue weighted by Crippen LogP contribution is -2.40. The number of rotatable bonds is 6. The first kappa shape index (κ1) is 15.5. The Balaban J connectivity index is 2.28. The van der Waals surface area contributed by atoms with Gasteiger partial charge in [-0.15, -0.1) is 0 Å². The minimum atomic E-state index is -3.50. The van der Waals surface area contributed by atoms with Crippen molar-refractivity contribution in [3.05, 3.63) is 29.8 Å². The van der Waals surface area contributed by atoms with Crippen LogP contribution in [0, 0.1) is 0 Å². The quantitative estimate of drug-likeness (QED) is 0.875. The summed E-state index contributed by atoms with van der Waals surface area (Å²) in [5.74, 6) is 0. The summed E-state index contributed by atoms with van der Waals surface area (Å²) < 4.78 is 26.9. The number of aliphatic hydroxyl groups is 1. The molecule has 112 valence electrons. The fourth-order valence-electron chi connectivity index (χ4n) is 2.82. The van der Waals surface area contributed by atoms with Gasteiger partial charge in [-0.25, -0.2) is 8.42 Å². The number of nitrogens with zero attached hydrogens (tertiary/aromatic N) is 1. The largest absolute Gasteiger partial charge is 0.395 e. The molecule has 1 aliphatic rings. The third-order valence-corrected chi connectivity index (χ3v) is 5.96. The molecule has 0 aromatic heterocycles. The predicted octanol–water partition coefficient (Wildman–Crippen LogP) is 2.17. The van der Waals surface area contributed by atoms with Gasteiger partial charge in [0.25, 0.3) is 0 Å². The Bertz CT molecular complexity index is 519. The number of hydrogen-bond donors (Lipinski definition) is 1. The van der Waals surface area contributed by atoms with E-state index in [4.69, 9.17) is 0 Å². The monoisotopic (exact) mass is 297 g/mol. The van der Waals surface area contributed by atoms with E-state index in [1.807, 2.05) is 19.1 Å². The van der Waals surface area contributed by atoms with Crippen molar-refractivity contribution in [3.63, 3.8) is 0 Å². The Morgan fingerprint density at radius 1 is 1.20 bits per heavy atom. The summed E-state index contributed by atoms with van der Waals surface area (Å²) in [6.45, 7) is 2.09. The smallest absolute Gasteiger partial charge is 0.243 e. The predicted molar refractivity (Wildman–Crippen MR) is 79.1 cm³/mol. The molecule has 4 nitrogen and oxygen atoms in total. The second-order valence-corrected chi connectivity index (χ2v) is 7.17. The minimum Gasteiger partial charge on any atom is -0.395 e. The van der Waals surface area contributed by atoms with E-state index in [1.54, 1.807) is 12.1 Å². The highest BCUT2D eigenvalue weighted by Gasteiger charge is 2.32. The van der Waals surface area contributed by atoms with Gasteiger partial charge < -0.3 is 5.11 Å². The van der Waals surface area contributed by atoms with Gasteiger partial charge in [0.2, 0.25) is 10.0 Å². The van der Waals surface area contributed by atoms with Crippen molar-refractivity contribution in [2.75, 3.05) is 13.2 Å². The van der Waals surface area contributed by atoms with Crippen LogP contribution in [-0.2, 0) is 16.4 Å². The highest BCUT2D eigenvalue weighted by atomic mass is 32.2. The molecular weight excluding hydrogens is 274 g/mol. The van der Waals surface area contributed by atoms with Gasteiger partial charge in [0.1, 0.15) is 0 Å². The van der Waals surface area contributed by atoms with Crippen LogP contribution >= 0.6 is 0 Å². The maximum Gasteiger partial charge on any atom is 0.243 e. The number of benzene rings is 1. The summed E-state index contributed by atoms with van der Waals surface area (Å²) in [5, 5.41) is 9.18. The van der Waals surface area contributed by atoms with Gasteiger partial charge in [-0.3, -0.25) is 0 Å². The Labute approximate surface area is 121 Å². The second-order valence-electron chi connectivity index (χ2n) is 5.28. The molecule has 1 N–H and O–H groups in total. The molecule has 0 bridgehead atoms. The van der Waals surface area contributed by atoms with Crippen LogP contribution in [0.5, 0.6) is 0 Å². The molecule has 1 aromatic rings. The fourth-order valence-corrected chi connectivity index (χ4v) is 4.50. The van der Waals surface area contributed by atoms with E-state index >= 15 is 0 Å². The molecular formula is C15H23NO3S. The van der Waals surface area contributed by atoms with Crippen molar-refractivity contribution in [3.8, 4) is 0 Å². The van der Waals surface area contributed by atoms with Crippen molar-refractivity contribution in [1.82, 2.24) is 4.31 Å². The zero-order chi connectivity index (χ0) is 14.6. The van der Waals surface area contributed by atoms with Crippen molar-refractivity contribution in [2.24, 2.45) is 0 Å². The summed E-state index contributed by atoms with van der Waals surface area (Å²) in [4.78, 5) is 0.329. The zero-order valence-corrected chi connectivity index (χ0v) is 12.8. The SMILES string of the molecule is CCc1ccc(S(=O)(=O)N(CCO)C2CCCC2)cc1. The van der Waals surface area contributed by atoms with Gasteiger partial charge in [0, 0.05) is 12.6 Å². The number of hydrogen-bond acceptors (Lipinski definition) is 3. The number of aliphatic hydroxyl groups excluding tert-OH is 1. The van der Waals surface area contributed by atoms with E-state index < -0.39 is 10.0 Å². The van der Waals surface area contributed by atoms with Gasteiger partial charge in [0.15, 0.2) is 0 Å². The average Bonchev–Trinajstić information content (AvgIpc) is 2.98. The van der Waals surface area contributed by atoms with E-state index in [2.05, 4.69) is 0 Å². The van der Waals surface area contributed by atoms with E-state index in [9.17, 15) is 13.5 Å². The Kier molecular flexibility index (Phi) is 5.18. The molecule has 0 radical (unpaired) electrons. The first-order valence-corrected chi connectivity index (χ1v) is 8.75. The minimum absolute atomic E-state index is 0.0398. The summed E-state index contributed by atoms with van der Waals surface area (Å²) in [7, 11) is -3.50. The lowest BCUT2D eigenvalue weighted by Gasteiger charge is -2.27. The Morgan fingerprint density at radius 2 is 1.80 bits per heavy atom. The van der Waals surface area contributed by atoms with Crippen LogP contribution in [0.25, 0.3) is 0 Å². The summed E-state index contributed by atoms with van der Waals surface area (Å²) >= 11 is 0. The molecule has 1 fully saturated rings. The van der Waals surface area contributed by atoms with Crippen molar-refractivity contribution in [1.29, 1.82) is 0 Å². The molecule has 0 heterocycles. The molecule has 5 heteroatoms. The van der Waals surface area contributed by atoms with Gasteiger partial charge in [0.05, 0.1) is 11.5 Å². The molecule has 0 unspecified atom stereocenters. The van der Waals surface area contributed by atoms with Gasteiger partial charge in [-0.05, 0) is 37.0 Å². The molecule has 2 rings (SSSR count). The molecule has 0 amide bonds. The molecule has 0 saturated heterocycles. The van der Waals surface area contributed by atoms with Gasteiger partial charge in [-0.1, -0.05) is 31.9 Å². The molecule has 20 heavy (non-hydrogen) atoms. The molecule has 1 aromatic carbocycles. The molecule has 0 atom stereocenters. The first-order valence-electron chi connectivity index (χ1n) is 7.31. The third-order valence-electron chi connectivity index (χ3n) is 3.99. The molecule has 1 aliphatic carbocycles. The Morgan fingerprint density at radius 3 is 2.30 bits per heavy atom. The van der Waals surface area contributed by atoms with Crippen LogP contribution < -0.4 is 0 Å². The molecule has 0 spiro atoms. The standard InChI is InChI=1S/C15H23NO3S/c1-2-13-7-9-15(10-8-13)20(18,19)16(11-12-17)14-5-3-4-6-14/h7-10,14,17H,2-6,11-12H2,1H3. The first-order chi connectivity index (χ1) is 9.59. The maximum absolute atomic E-state index is 12.7. The third kappa shape index (κ3) is 3.22. The molecule has 1 saturated carbocycles. The average molecular weight is 297 g/mol. The van der Waals surface area contributed by atoms with Crippen LogP contribution in [-0.4, -0.2) is 37.0 Å². The van der Waals surface area contributed by atoms with Crippen LogP contribution in [0.15, 0.2) is 29.2 Å². The van der Waals surface area contributed by atoms with Crippen LogP contribution in [0.4, 0.5) is 0 Å². The van der Waals surface area contributed by atoms with Gasteiger partial charge >= 0.3 is 0 Å². The summed E-state index contributed by atoms with van der Waals surface area (Å²) in [6.07, 6.45) is 4.82. The normalized spacial score (nSPS) is 16.9. The second kappa shape index (κ2) is 6.70. The van der Waals surface area contributed by atoms with E-state index in [0.29, 0.717) is 4.90 Å². The lowest BCUT2D eigenvalue weighted by molar-refractivity contribution is 0.226. The van der Waals surface area contributed by atoms with Crippen molar-refractivity contribution >= 4 is 10.0 Å². The fraction of sp³-hybridized carbons (Fsp3) is 0.600. The number of aryl methyl sites for hydroxylation is 1. The van der Waals surface area contributed by atoms with E-state index in [-0.39, 0.29) is 19.2 Å². The van der Waals surface area contributed by atoms with Crippen LogP contribution in [0.2, 0.25) is 0 Å². The summed E-state index contributed by atoms with van der Waals surface area (Å²) in [5.41, 5.74) is 1.12.